The van der Waals surface area contributed by atoms with Crippen LogP contribution in [0.5, 0.6) is 0 Å². The number of fused-ring (bicyclic) bond motifs is 1. The molecule has 0 aliphatic carbocycles. The third-order valence-electron chi connectivity index (χ3n) is 5.72. The molecule has 0 amide bonds. The Morgan fingerprint density at radius 3 is 2.60 bits per heavy atom. The van der Waals surface area contributed by atoms with Crippen molar-refractivity contribution in [1.29, 1.82) is 5.26 Å². The Balaban J connectivity index is 1.70. The molecular formula is C24H25ClN4O. The minimum atomic E-state index is -0.0409. The van der Waals surface area contributed by atoms with Crippen molar-refractivity contribution < 1.29 is 0 Å². The third-order valence-corrected chi connectivity index (χ3v) is 5.95. The lowest BCUT2D eigenvalue weighted by Gasteiger charge is -2.34. The SMILES string of the molecule is N#CCC(NCc1cn(-c2ccccc2)c2cc(Cl)ccc2c1=O)N1CCCCC1. The molecule has 1 atom stereocenters. The van der Waals surface area contributed by atoms with Gasteiger partial charge in [0.15, 0.2) is 5.43 Å². The molecule has 1 fully saturated rings. The van der Waals surface area contributed by atoms with Crippen molar-refractivity contribution in [1.82, 2.24) is 14.8 Å². The maximum absolute atomic E-state index is 13.2. The molecule has 1 aliphatic rings. The van der Waals surface area contributed by atoms with Crippen LogP contribution in [0.4, 0.5) is 0 Å². The summed E-state index contributed by atoms with van der Waals surface area (Å²) in [4.78, 5) is 15.5. The number of benzene rings is 2. The first-order valence-electron chi connectivity index (χ1n) is 10.4. The van der Waals surface area contributed by atoms with Gasteiger partial charge in [0.2, 0.25) is 0 Å². The largest absolute Gasteiger partial charge is 0.316 e. The van der Waals surface area contributed by atoms with Crippen LogP contribution in [0.15, 0.2) is 59.5 Å². The third kappa shape index (κ3) is 4.41. The van der Waals surface area contributed by atoms with Gasteiger partial charge in [-0.25, -0.2) is 0 Å². The van der Waals surface area contributed by atoms with E-state index < -0.39 is 0 Å². The summed E-state index contributed by atoms with van der Waals surface area (Å²) < 4.78 is 2.01. The van der Waals surface area contributed by atoms with Gasteiger partial charge in [-0.15, -0.1) is 0 Å². The zero-order valence-electron chi connectivity index (χ0n) is 16.9. The highest BCUT2D eigenvalue weighted by Gasteiger charge is 2.21. The van der Waals surface area contributed by atoms with E-state index in [0.29, 0.717) is 28.9 Å². The number of rotatable bonds is 6. The molecule has 1 unspecified atom stereocenters. The van der Waals surface area contributed by atoms with Crippen molar-refractivity contribution in [3.63, 3.8) is 0 Å². The van der Waals surface area contributed by atoms with Gasteiger partial charge >= 0.3 is 0 Å². The van der Waals surface area contributed by atoms with Gasteiger partial charge < -0.3 is 4.57 Å². The molecular weight excluding hydrogens is 396 g/mol. The van der Waals surface area contributed by atoms with Crippen molar-refractivity contribution in [2.75, 3.05) is 13.1 Å². The number of hydrogen-bond acceptors (Lipinski definition) is 4. The fraction of sp³-hybridized carbons (Fsp3) is 0.333. The van der Waals surface area contributed by atoms with Crippen LogP contribution in [-0.4, -0.2) is 28.7 Å². The molecule has 0 radical (unpaired) electrons. The van der Waals surface area contributed by atoms with Gasteiger partial charge in [0.1, 0.15) is 0 Å². The lowest BCUT2D eigenvalue weighted by atomic mass is 10.1. The molecule has 1 saturated heterocycles. The number of para-hydroxylation sites is 1. The molecule has 6 heteroatoms. The first-order valence-corrected chi connectivity index (χ1v) is 10.8. The Hall–Kier alpha value is -2.65. The molecule has 0 saturated carbocycles. The van der Waals surface area contributed by atoms with Gasteiger partial charge in [0, 0.05) is 34.4 Å². The first-order chi connectivity index (χ1) is 14.7. The van der Waals surface area contributed by atoms with E-state index in [-0.39, 0.29) is 11.6 Å². The zero-order valence-corrected chi connectivity index (χ0v) is 17.6. The highest BCUT2D eigenvalue weighted by Crippen LogP contribution is 2.22. The fourth-order valence-corrected chi connectivity index (χ4v) is 4.32. The van der Waals surface area contributed by atoms with E-state index in [1.165, 1.54) is 6.42 Å². The number of pyridine rings is 1. The van der Waals surface area contributed by atoms with Crippen LogP contribution in [0.25, 0.3) is 16.6 Å². The number of halogens is 1. The highest BCUT2D eigenvalue weighted by atomic mass is 35.5. The normalized spacial score (nSPS) is 15.7. The number of aromatic nitrogens is 1. The molecule has 154 valence electrons. The summed E-state index contributed by atoms with van der Waals surface area (Å²) in [7, 11) is 0. The van der Waals surface area contributed by atoms with Crippen molar-refractivity contribution in [2.45, 2.75) is 38.4 Å². The van der Waals surface area contributed by atoms with E-state index in [4.69, 9.17) is 11.6 Å². The molecule has 1 aliphatic heterocycles. The summed E-state index contributed by atoms with van der Waals surface area (Å²) in [6.45, 7) is 2.39. The summed E-state index contributed by atoms with van der Waals surface area (Å²) >= 11 is 6.23. The molecule has 1 N–H and O–H groups in total. The monoisotopic (exact) mass is 420 g/mol. The molecule has 4 rings (SSSR count). The smallest absolute Gasteiger partial charge is 0.193 e. The minimum absolute atomic E-state index is 0.00398. The fourth-order valence-electron chi connectivity index (χ4n) is 4.16. The Labute approximate surface area is 181 Å². The lowest BCUT2D eigenvalue weighted by molar-refractivity contribution is 0.137. The number of piperidine rings is 1. The summed E-state index contributed by atoms with van der Waals surface area (Å²) in [6, 6.07) is 17.6. The van der Waals surface area contributed by atoms with Crippen LogP contribution in [0.2, 0.25) is 5.02 Å². The number of hydrogen-bond donors (Lipinski definition) is 1. The molecule has 5 nitrogen and oxygen atoms in total. The zero-order chi connectivity index (χ0) is 20.9. The minimum Gasteiger partial charge on any atom is -0.316 e. The molecule has 0 bridgehead atoms. The second kappa shape index (κ2) is 9.44. The number of nitrogens with zero attached hydrogens (tertiary/aromatic N) is 3. The Kier molecular flexibility index (Phi) is 6.49. The maximum atomic E-state index is 13.2. The van der Waals surface area contributed by atoms with E-state index >= 15 is 0 Å². The van der Waals surface area contributed by atoms with Gasteiger partial charge in [-0.1, -0.05) is 36.2 Å². The van der Waals surface area contributed by atoms with E-state index in [0.717, 1.165) is 37.1 Å². The second-order valence-electron chi connectivity index (χ2n) is 7.71. The van der Waals surface area contributed by atoms with Crippen molar-refractivity contribution in [2.24, 2.45) is 0 Å². The van der Waals surface area contributed by atoms with Gasteiger partial charge in [0.25, 0.3) is 0 Å². The van der Waals surface area contributed by atoms with Crippen molar-refractivity contribution >= 4 is 22.5 Å². The second-order valence-corrected chi connectivity index (χ2v) is 8.14. The van der Waals surface area contributed by atoms with Gasteiger partial charge in [-0.05, 0) is 56.3 Å². The molecule has 1 aromatic heterocycles. The van der Waals surface area contributed by atoms with Gasteiger partial charge in [0.05, 0.1) is 24.2 Å². The van der Waals surface area contributed by atoms with E-state index in [9.17, 15) is 10.1 Å². The van der Waals surface area contributed by atoms with Crippen LogP contribution in [-0.2, 0) is 6.54 Å². The predicted octanol–water partition coefficient (Wildman–Crippen LogP) is 4.46. The van der Waals surface area contributed by atoms with Crippen LogP contribution in [0.3, 0.4) is 0 Å². The van der Waals surface area contributed by atoms with Crippen LogP contribution < -0.4 is 10.7 Å². The maximum Gasteiger partial charge on any atom is 0.193 e. The Bertz CT molecular complexity index is 1110. The van der Waals surface area contributed by atoms with Gasteiger partial charge in [-0.2, -0.15) is 5.26 Å². The van der Waals surface area contributed by atoms with E-state index in [2.05, 4.69) is 16.3 Å². The summed E-state index contributed by atoms with van der Waals surface area (Å²) in [5, 5.41) is 14.0. The van der Waals surface area contributed by atoms with Gasteiger partial charge in [-0.3, -0.25) is 15.0 Å². The van der Waals surface area contributed by atoms with Crippen molar-refractivity contribution in [3.8, 4) is 11.8 Å². The van der Waals surface area contributed by atoms with Crippen LogP contribution in [0, 0.1) is 11.3 Å². The number of nitriles is 1. The molecule has 2 heterocycles. The molecule has 3 aromatic rings. The predicted molar refractivity (Wildman–Crippen MR) is 121 cm³/mol. The summed E-state index contributed by atoms with van der Waals surface area (Å²) in [5.41, 5.74) is 2.42. The Morgan fingerprint density at radius 2 is 1.87 bits per heavy atom. The van der Waals surface area contributed by atoms with E-state index in [1.807, 2.05) is 47.2 Å². The summed E-state index contributed by atoms with van der Waals surface area (Å²) in [6.07, 6.45) is 5.80. The number of nitrogens with one attached hydrogen (secondary N) is 1. The average Bonchev–Trinajstić information content (AvgIpc) is 2.79. The number of likely N-dealkylation sites (tertiary alicyclic amines) is 1. The highest BCUT2D eigenvalue weighted by molar-refractivity contribution is 6.31. The topological polar surface area (TPSA) is 61.1 Å². The first kappa shape index (κ1) is 20.6. The average molecular weight is 421 g/mol. The van der Waals surface area contributed by atoms with Crippen LogP contribution in [0.1, 0.15) is 31.2 Å². The Morgan fingerprint density at radius 1 is 1.10 bits per heavy atom. The molecule has 2 aromatic carbocycles. The quantitative estimate of drug-likeness (QED) is 0.639. The standard InChI is InChI=1S/C24H25ClN4O/c25-19-9-10-21-22(15-19)29(20-7-3-1-4-8-20)17-18(24(21)30)16-27-23(11-12-26)28-13-5-2-6-14-28/h1,3-4,7-10,15,17,23,27H,2,5-6,11,13-14,16H2. The van der Waals surface area contributed by atoms with Crippen LogP contribution >= 0.6 is 11.6 Å². The van der Waals surface area contributed by atoms with E-state index in [1.54, 1.807) is 12.1 Å². The molecule has 0 spiro atoms. The van der Waals surface area contributed by atoms with Crippen molar-refractivity contribution in [3.05, 3.63) is 75.5 Å². The molecule has 30 heavy (non-hydrogen) atoms. The summed E-state index contributed by atoms with van der Waals surface area (Å²) in [5.74, 6) is 0. The lowest BCUT2D eigenvalue weighted by Crippen LogP contribution is -2.47.